The Hall–Kier alpha value is -0.800. The van der Waals surface area contributed by atoms with Crippen molar-refractivity contribution in [1.82, 2.24) is 5.32 Å². The fraction of sp³-hybridized carbons (Fsp3) is 0.600. The van der Waals surface area contributed by atoms with Gasteiger partial charge in [0.2, 0.25) is 0 Å². The lowest BCUT2D eigenvalue weighted by atomic mass is 9.94. The summed E-state index contributed by atoms with van der Waals surface area (Å²) in [6, 6.07) is 2.10. The van der Waals surface area contributed by atoms with E-state index in [1.54, 1.807) is 19.6 Å². The van der Waals surface area contributed by atoms with Crippen LogP contribution in [0.2, 0.25) is 0 Å². The van der Waals surface area contributed by atoms with Crippen molar-refractivity contribution in [2.75, 3.05) is 14.2 Å². The molecule has 3 heteroatoms. The minimum atomic E-state index is -0.237. The molecule has 1 unspecified atom stereocenters. The summed E-state index contributed by atoms with van der Waals surface area (Å²) < 4.78 is 10.5. The molecule has 0 bridgehead atoms. The second-order valence-electron chi connectivity index (χ2n) is 3.59. The van der Waals surface area contributed by atoms with Gasteiger partial charge in [-0.2, -0.15) is 0 Å². The average Bonchev–Trinajstić information content (AvgIpc) is 2.58. The maximum atomic E-state index is 5.41. The van der Waals surface area contributed by atoms with Crippen molar-refractivity contribution in [3.8, 4) is 0 Å². The van der Waals surface area contributed by atoms with Gasteiger partial charge in [-0.05, 0) is 27.0 Å². The van der Waals surface area contributed by atoms with Crippen molar-refractivity contribution in [3.05, 3.63) is 24.2 Å². The van der Waals surface area contributed by atoms with Crippen LogP contribution in [0, 0.1) is 0 Å². The molecule has 0 fully saturated rings. The lowest BCUT2D eigenvalue weighted by molar-refractivity contribution is -0.00913. The van der Waals surface area contributed by atoms with E-state index in [0.29, 0.717) is 0 Å². The summed E-state index contributed by atoms with van der Waals surface area (Å²) >= 11 is 0. The zero-order valence-electron chi connectivity index (χ0n) is 8.63. The lowest BCUT2D eigenvalue weighted by Gasteiger charge is -2.32. The molecule has 13 heavy (non-hydrogen) atoms. The molecular formula is C10H17NO2. The fourth-order valence-corrected chi connectivity index (χ4v) is 1.47. The Morgan fingerprint density at radius 3 is 2.62 bits per heavy atom. The molecule has 1 aromatic rings. The monoisotopic (exact) mass is 183 g/mol. The van der Waals surface area contributed by atoms with Crippen LogP contribution in [0.1, 0.15) is 25.5 Å². The summed E-state index contributed by atoms with van der Waals surface area (Å²) in [5, 5.41) is 3.21. The van der Waals surface area contributed by atoms with E-state index >= 15 is 0 Å². The molecule has 3 nitrogen and oxygen atoms in total. The highest BCUT2D eigenvalue weighted by Crippen LogP contribution is 2.27. The molecule has 1 rings (SSSR count). The molecule has 0 saturated carbocycles. The highest BCUT2D eigenvalue weighted by Gasteiger charge is 2.29. The summed E-state index contributed by atoms with van der Waals surface area (Å²) in [6.45, 7) is 4.09. The summed E-state index contributed by atoms with van der Waals surface area (Å²) in [5.41, 5.74) is 0.868. The molecule has 1 N–H and O–H groups in total. The zero-order valence-corrected chi connectivity index (χ0v) is 8.63. The molecular weight excluding hydrogens is 166 g/mol. The third-order valence-electron chi connectivity index (χ3n) is 2.39. The Morgan fingerprint density at radius 2 is 2.23 bits per heavy atom. The minimum absolute atomic E-state index is 0.149. The standard InChI is InChI=1S/C10H17NO2/c1-10(2,12-4)9(11-3)8-5-6-13-7-8/h5-7,9,11H,1-4H3. The molecule has 74 valence electrons. The normalized spacial score (nSPS) is 14.5. The molecule has 0 aliphatic rings. The molecule has 0 saturated heterocycles. The van der Waals surface area contributed by atoms with E-state index in [4.69, 9.17) is 9.15 Å². The van der Waals surface area contributed by atoms with Gasteiger partial charge in [0.1, 0.15) is 0 Å². The molecule has 1 heterocycles. The van der Waals surface area contributed by atoms with Crippen LogP contribution >= 0.6 is 0 Å². The Morgan fingerprint density at radius 1 is 1.54 bits per heavy atom. The quantitative estimate of drug-likeness (QED) is 0.775. The Balaban J connectivity index is 2.86. The third kappa shape index (κ3) is 2.11. The first-order valence-electron chi connectivity index (χ1n) is 4.36. The van der Waals surface area contributed by atoms with Gasteiger partial charge in [-0.1, -0.05) is 0 Å². The molecule has 1 aromatic heterocycles. The number of likely N-dealkylation sites (N-methyl/N-ethyl adjacent to an activating group) is 1. The summed E-state index contributed by atoms with van der Waals surface area (Å²) in [7, 11) is 3.63. The van der Waals surface area contributed by atoms with Crippen LogP contribution in [0.25, 0.3) is 0 Å². The third-order valence-corrected chi connectivity index (χ3v) is 2.39. The van der Waals surface area contributed by atoms with Crippen molar-refractivity contribution < 1.29 is 9.15 Å². The molecule has 1 atom stereocenters. The summed E-state index contributed by atoms with van der Waals surface area (Å²) in [5.74, 6) is 0. The minimum Gasteiger partial charge on any atom is -0.472 e. The Labute approximate surface area is 79.1 Å². The number of furan rings is 1. The van der Waals surface area contributed by atoms with Crippen molar-refractivity contribution in [1.29, 1.82) is 0 Å². The van der Waals surface area contributed by atoms with E-state index in [1.807, 2.05) is 27.0 Å². The summed E-state index contributed by atoms with van der Waals surface area (Å²) in [4.78, 5) is 0. The van der Waals surface area contributed by atoms with Crippen LogP contribution in [0.3, 0.4) is 0 Å². The van der Waals surface area contributed by atoms with Gasteiger partial charge in [0.05, 0.1) is 24.2 Å². The highest BCUT2D eigenvalue weighted by molar-refractivity contribution is 5.15. The molecule has 0 spiro atoms. The average molecular weight is 183 g/mol. The molecule has 0 aliphatic carbocycles. The Bertz CT molecular complexity index is 241. The number of hydrogen-bond donors (Lipinski definition) is 1. The number of ether oxygens (including phenoxy) is 1. The van der Waals surface area contributed by atoms with E-state index in [2.05, 4.69) is 5.32 Å². The van der Waals surface area contributed by atoms with Gasteiger partial charge >= 0.3 is 0 Å². The van der Waals surface area contributed by atoms with E-state index in [-0.39, 0.29) is 11.6 Å². The van der Waals surface area contributed by atoms with Crippen LogP contribution in [0.15, 0.2) is 23.0 Å². The van der Waals surface area contributed by atoms with Gasteiger partial charge in [0.15, 0.2) is 0 Å². The van der Waals surface area contributed by atoms with Crippen LogP contribution in [0.5, 0.6) is 0 Å². The first-order valence-corrected chi connectivity index (χ1v) is 4.36. The van der Waals surface area contributed by atoms with E-state index in [1.165, 1.54) is 0 Å². The smallest absolute Gasteiger partial charge is 0.0951 e. The first kappa shape index (κ1) is 10.3. The lowest BCUT2D eigenvalue weighted by Crippen LogP contribution is -2.38. The van der Waals surface area contributed by atoms with Gasteiger partial charge in [-0.3, -0.25) is 0 Å². The maximum absolute atomic E-state index is 5.41. The Kier molecular flexibility index (Phi) is 3.12. The van der Waals surface area contributed by atoms with E-state index < -0.39 is 0 Å². The molecule has 0 amide bonds. The van der Waals surface area contributed by atoms with Crippen molar-refractivity contribution >= 4 is 0 Å². The fourth-order valence-electron chi connectivity index (χ4n) is 1.47. The predicted molar refractivity (Wildman–Crippen MR) is 51.6 cm³/mol. The van der Waals surface area contributed by atoms with Crippen LogP contribution in [-0.4, -0.2) is 19.8 Å². The van der Waals surface area contributed by atoms with Gasteiger partial charge in [0.25, 0.3) is 0 Å². The largest absolute Gasteiger partial charge is 0.472 e. The SMILES string of the molecule is CNC(c1ccoc1)C(C)(C)OC. The van der Waals surface area contributed by atoms with Gasteiger partial charge in [-0.15, -0.1) is 0 Å². The van der Waals surface area contributed by atoms with Gasteiger partial charge < -0.3 is 14.5 Å². The summed E-state index contributed by atoms with van der Waals surface area (Å²) in [6.07, 6.45) is 3.41. The number of rotatable bonds is 4. The number of hydrogen-bond acceptors (Lipinski definition) is 3. The van der Waals surface area contributed by atoms with E-state index in [0.717, 1.165) is 5.56 Å². The van der Waals surface area contributed by atoms with Crippen LogP contribution in [0.4, 0.5) is 0 Å². The van der Waals surface area contributed by atoms with Crippen molar-refractivity contribution in [3.63, 3.8) is 0 Å². The molecule has 0 aromatic carbocycles. The number of methoxy groups -OCH3 is 1. The molecule has 0 radical (unpaired) electrons. The second kappa shape index (κ2) is 3.94. The first-order chi connectivity index (χ1) is 6.11. The second-order valence-corrected chi connectivity index (χ2v) is 3.59. The van der Waals surface area contributed by atoms with Gasteiger partial charge in [0, 0.05) is 12.7 Å². The van der Waals surface area contributed by atoms with Crippen molar-refractivity contribution in [2.45, 2.75) is 25.5 Å². The number of nitrogens with one attached hydrogen (secondary N) is 1. The van der Waals surface area contributed by atoms with Crippen molar-refractivity contribution in [2.24, 2.45) is 0 Å². The topological polar surface area (TPSA) is 34.4 Å². The van der Waals surface area contributed by atoms with E-state index in [9.17, 15) is 0 Å². The van der Waals surface area contributed by atoms with Gasteiger partial charge in [-0.25, -0.2) is 0 Å². The van der Waals surface area contributed by atoms with Crippen LogP contribution < -0.4 is 5.32 Å². The molecule has 0 aliphatic heterocycles. The predicted octanol–water partition coefficient (Wildman–Crippen LogP) is 1.97. The highest BCUT2D eigenvalue weighted by atomic mass is 16.5. The maximum Gasteiger partial charge on any atom is 0.0951 e. The van der Waals surface area contributed by atoms with Crippen LogP contribution in [-0.2, 0) is 4.74 Å². The zero-order chi connectivity index (χ0) is 9.90.